The maximum atomic E-state index is 5.86. The van der Waals surface area contributed by atoms with Gasteiger partial charge in [0.05, 0.1) is 0 Å². The van der Waals surface area contributed by atoms with Gasteiger partial charge in [0, 0.05) is 6.04 Å². The van der Waals surface area contributed by atoms with E-state index < -0.39 is 0 Å². The van der Waals surface area contributed by atoms with Gasteiger partial charge in [-0.05, 0) is 36.6 Å². The highest BCUT2D eigenvalue weighted by Gasteiger charge is 2.04. The van der Waals surface area contributed by atoms with E-state index in [-0.39, 0.29) is 6.04 Å². The number of hydrogen-bond donors (Lipinski definition) is 1. The van der Waals surface area contributed by atoms with Gasteiger partial charge >= 0.3 is 0 Å². The van der Waals surface area contributed by atoms with Gasteiger partial charge in [-0.2, -0.15) is 0 Å². The fourth-order valence-corrected chi connectivity index (χ4v) is 1.92. The van der Waals surface area contributed by atoms with E-state index in [0.717, 1.165) is 12.2 Å². The molecule has 2 N–H and O–H groups in total. The van der Waals surface area contributed by atoms with Crippen LogP contribution in [0.2, 0.25) is 0 Å². The van der Waals surface area contributed by atoms with Crippen molar-refractivity contribution in [1.29, 1.82) is 0 Å². The minimum absolute atomic E-state index is 0.169. The molecule has 0 aliphatic rings. The van der Waals surface area contributed by atoms with Crippen LogP contribution in [0.5, 0.6) is 5.75 Å². The molecule has 1 atom stereocenters. The second-order valence-corrected chi connectivity index (χ2v) is 4.55. The van der Waals surface area contributed by atoms with E-state index in [0.29, 0.717) is 6.61 Å². The molecule has 0 saturated heterocycles. The molecule has 0 heterocycles. The second-order valence-electron chi connectivity index (χ2n) is 4.55. The minimum Gasteiger partial charge on any atom is -0.489 e. The van der Waals surface area contributed by atoms with Gasteiger partial charge in [0.25, 0.3) is 0 Å². The number of ether oxygens (including phenoxy) is 1. The fraction of sp³-hybridized carbons (Fsp3) is 0.250. The molecule has 0 aromatic heterocycles. The van der Waals surface area contributed by atoms with Gasteiger partial charge in [-0.3, -0.25) is 0 Å². The zero-order valence-corrected chi connectivity index (χ0v) is 10.7. The Morgan fingerprint density at radius 2 is 1.56 bits per heavy atom. The lowest BCUT2D eigenvalue weighted by atomic mass is 10.0. The van der Waals surface area contributed by atoms with E-state index in [2.05, 4.69) is 12.1 Å². The first-order valence-electron chi connectivity index (χ1n) is 6.26. The molecule has 0 amide bonds. The van der Waals surface area contributed by atoms with Crippen LogP contribution in [-0.2, 0) is 13.0 Å². The van der Waals surface area contributed by atoms with Crippen molar-refractivity contribution < 1.29 is 4.74 Å². The van der Waals surface area contributed by atoms with E-state index in [1.165, 1.54) is 11.1 Å². The lowest BCUT2D eigenvalue weighted by Gasteiger charge is -2.12. The van der Waals surface area contributed by atoms with E-state index in [1.807, 2.05) is 49.4 Å². The van der Waals surface area contributed by atoms with Gasteiger partial charge < -0.3 is 10.5 Å². The van der Waals surface area contributed by atoms with Crippen molar-refractivity contribution in [2.45, 2.75) is 26.0 Å². The lowest BCUT2D eigenvalue weighted by molar-refractivity contribution is 0.305. The normalized spacial score (nSPS) is 12.1. The summed E-state index contributed by atoms with van der Waals surface area (Å²) in [5.74, 6) is 0.896. The third-order valence-corrected chi connectivity index (χ3v) is 2.80. The topological polar surface area (TPSA) is 35.2 Å². The molecular formula is C16H19NO. The molecule has 2 rings (SSSR count). The maximum Gasteiger partial charge on any atom is 0.119 e. The molecule has 0 spiro atoms. The fourth-order valence-electron chi connectivity index (χ4n) is 1.92. The van der Waals surface area contributed by atoms with Crippen LogP contribution in [-0.4, -0.2) is 6.04 Å². The molecule has 0 aliphatic carbocycles. The molecule has 2 heteroatoms. The highest BCUT2D eigenvalue weighted by Crippen LogP contribution is 2.15. The van der Waals surface area contributed by atoms with Crippen LogP contribution in [0.4, 0.5) is 0 Å². The molecule has 2 aromatic rings. The Labute approximate surface area is 108 Å². The first kappa shape index (κ1) is 12.7. The quantitative estimate of drug-likeness (QED) is 0.872. The summed E-state index contributed by atoms with van der Waals surface area (Å²) in [6, 6.07) is 18.3. The first-order valence-corrected chi connectivity index (χ1v) is 6.26. The molecule has 0 saturated carbocycles. The van der Waals surface area contributed by atoms with Crippen LogP contribution < -0.4 is 10.5 Å². The molecule has 1 unspecified atom stereocenters. The van der Waals surface area contributed by atoms with Crippen molar-refractivity contribution in [2.24, 2.45) is 5.73 Å². The Morgan fingerprint density at radius 1 is 0.944 bits per heavy atom. The SMILES string of the molecule is CC(N)Cc1ccccc1COc1ccccc1. The van der Waals surface area contributed by atoms with Crippen LogP contribution in [0.15, 0.2) is 54.6 Å². The number of rotatable bonds is 5. The van der Waals surface area contributed by atoms with Gasteiger partial charge in [-0.15, -0.1) is 0 Å². The highest BCUT2D eigenvalue weighted by atomic mass is 16.5. The molecule has 0 aliphatic heterocycles. The number of para-hydroxylation sites is 1. The Balaban J connectivity index is 2.05. The molecule has 0 bridgehead atoms. The highest BCUT2D eigenvalue weighted by molar-refractivity contribution is 5.28. The molecule has 2 nitrogen and oxygen atoms in total. The summed E-state index contributed by atoms with van der Waals surface area (Å²) in [6.07, 6.45) is 0.883. The summed E-state index contributed by atoms with van der Waals surface area (Å²) in [5.41, 5.74) is 8.33. The van der Waals surface area contributed by atoms with E-state index in [1.54, 1.807) is 0 Å². The van der Waals surface area contributed by atoms with E-state index >= 15 is 0 Å². The number of nitrogens with two attached hydrogens (primary N) is 1. The van der Waals surface area contributed by atoms with Crippen molar-refractivity contribution in [3.05, 3.63) is 65.7 Å². The van der Waals surface area contributed by atoms with Gasteiger partial charge in [0.15, 0.2) is 0 Å². The minimum atomic E-state index is 0.169. The molecular weight excluding hydrogens is 222 g/mol. The zero-order valence-electron chi connectivity index (χ0n) is 10.7. The molecule has 0 radical (unpaired) electrons. The Morgan fingerprint density at radius 3 is 2.22 bits per heavy atom. The van der Waals surface area contributed by atoms with Gasteiger partial charge in [0.1, 0.15) is 12.4 Å². The van der Waals surface area contributed by atoms with Crippen molar-refractivity contribution in [2.75, 3.05) is 0 Å². The summed E-state index contributed by atoms with van der Waals surface area (Å²) in [5, 5.41) is 0. The summed E-state index contributed by atoms with van der Waals surface area (Å²) in [4.78, 5) is 0. The van der Waals surface area contributed by atoms with Gasteiger partial charge in [-0.1, -0.05) is 42.5 Å². The number of hydrogen-bond acceptors (Lipinski definition) is 2. The molecule has 2 aromatic carbocycles. The molecule has 94 valence electrons. The van der Waals surface area contributed by atoms with Crippen LogP contribution in [0.3, 0.4) is 0 Å². The molecule has 0 fully saturated rings. The Bertz CT molecular complexity index is 479. The average molecular weight is 241 g/mol. The van der Waals surface area contributed by atoms with Crippen LogP contribution in [0, 0.1) is 0 Å². The van der Waals surface area contributed by atoms with Gasteiger partial charge in [-0.25, -0.2) is 0 Å². The Hall–Kier alpha value is -1.80. The van der Waals surface area contributed by atoms with E-state index in [4.69, 9.17) is 10.5 Å². The Kier molecular flexibility index (Phi) is 4.37. The van der Waals surface area contributed by atoms with Gasteiger partial charge in [0.2, 0.25) is 0 Å². The summed E-state index contributed by atoms with van der Waals surface area (Å²) < 4.78 is 5.77. The molecule has 18 heavy (non-hydrogen) atoms. The second kappa shape index (κ2) is 6.22. The lowest BCUT2D eigenvalue weighted by Crippen LogP contribution is -2.19. The third-order valence-electron chi connectivity index (χ3n) is 2.80. The van der Waals surface area contributed by atoms with Crippen molar-refractivity contribution in [3.63, 3.8) is 0 Å². The smallest absolute Gasteiger partial charge is 0.119 e. The van der Waals surface area contributed by atoms with Crippen molar-refractivity contribution in [1.82, 2.24) is 0 Å². The standard InChI is InChI=1S/C16H19NO/c1-13(17)11-14-7-5-6-8-15(14)12-18-16-9-3-2-4-10-16/h2-10,13H,11-12,17H2,1H3. The average Bonchev–Trinajstić information content (AvgIpc) is 2.38. The van der Waals surface area contributed by atoms with Crippen LogP contribution in [0.1, 0.15) is 18.1 Å². The summed E-state index contributed by atoms with van der Waals surface area (Å²) >= 11 is 0. The van der Waals surface area contributed by atoms with Crippen LogP contribution in [0.25, 0.3) is 0 Å². The maximum absolute atomic E-state index is 5.86. The third kappa shape index (κ3) is 3.60. The first-order chi connectivity index (χ1) is 8.75. The zero-order chi connectivity index (χ0) is 12.8. The summed E-state index contributed by atoms with van der Waals surface area (Å²) in [7, 11) is 0. The summed E-state index contributed by atoms with van der Waals surface area (Å²) in [6.45, 7) is 2.61. The van der Waals surface area contributed by atoms with Crippen molar-refractivity contribution >= 4 is 0 Å². The predicted molar refractivity (Wildman–Crippen MR) is 74.6 cm³/mol. The van der Waals surface area contributed by atoms with E-state index in [9.17, 15) is 0 Å². The van der Waals surface area contributed by atoms with Crippen LogP contribution >= 0.6 is 0 Å². The largest absolute Gasteiger partial charge is 0.489 e. The number of benzene rings is 2. The van der Waals surface area contributed by atoms with Crippen molar-refractivity contribution in [3.8, 4) is 5.75 Å². The monoisotopic (exact) mass is 241 g/mol. The predicted octanol–water partition coefficient (Wildman–Crippen LogP) is 3.16.